The van der Waals surface area contributed by atoms with Gasteiger partial charge in [-0.05, 0) is 43.3 Å². The van der Waals surface area contributed by atoms with Crippen molar-refractivity contribution in [3.63, 3.8) is 0 Å². The molecule has 0 aliphatic carbocycles. The second kappa shape index (κ2) is 10.2. The minimum absolute atomic E-state index is 0.0724. The molecular weight excluding hydrogens is 382 g/mol. The van der Waals surface area contributed by atoms with Crippen molar-refractivity contribution in [1.82, 2.24) is 10.0 Å². The zero-order valence-electron chi connectivity index (χ0n) is 15.8. The predicted molar refractivity (Wildman–Crippen MR) is 106 cm³/mol. The predicted octanol–water partition coefficient (Wildman–Crippen LogP) is 1.30. The first-order chi connectivity index (χ1) is 13.3. The lowest BCUT2D eigenvalue weighted by atomic mass is 10.3. The number of nitrogens with one attached hydrogen (secondary N) is 3. The average Bonchev–Trinajstić information content (AvgIpc) is 2.65. The number of hydrogen-bond donors (Lipinski definition) is 4. The maximum absolute atomic E-state index is 12.4. The summed E-state index contributed by atoms with van der Waals surface area (Å²) in [5.41, 5.74) is 0.513. The van der Waals surface area contributed by atoms with Gasteiger partial charge in [-0.2, -0.15) is 4.72 Å². The molecule has 0 radical (unpaired) electrons. The Balaban J connectivity index is 1.80. The van der Waals surface area contributed by atoms with E-state index in [1.165, 1.54) is 31.2 Å². The van der Waals surface area contributed by atoms with Crippen LogP contribution in [-0.4, -0.2) is 44.9 Å². The number of ether oxygens (including phenoxy) is 1. The number of rotatable bonds is 10. The number of sulfonamides is 1. The van der Waals surface area contributed by atoms with Crippen molar-refractivity contribution in [3.05, 3.63) is 54.6 Å². The van der Waals surface area contributed by atoms with Crippen LogP contribution in [-0.2, 0) is 14.8 Å². The molecule has 0 aliphatic heterocycles. The topological polar surface area (TPSA) is 117 Å². The van der Waals surface area contributed by atoms with Crippen LogP contribution in [0.3, 0.4) is 0 Å². The van der Waals surface area contributed by atoms with Gasteiger partial charge in [0.2, 0.25) is 15.9 Å². The third-order valence-electron chi connectivity index (χ3n) is 3.66. The fourth-order valence-corrected chi connectivity index (χ4v) is 3.52. The Morgan fingerprint density at radius 3 is 2.36 bits per heavy atom. The number of anilines is 1. The van der Waals surface area contributed by atoms with Gasteiger partial charge in [0.1, 0.15) is 18.5 Å². The molecule has 0 aliphatic rings. The molecule has 9 heteroatoms. The molecule has 2 rings (SSSR count). The lowest BCUT2D eigenvalue weighted by molar-refractivity contribution is -0.114. The smallest absolute Gasteiger partial charge is 0.241 e. The first-order valence-electron chi connectivity index (χ1n) is 8.75. The van der Waals surface area contributed by atoms with E-state index < -0.39 is 22.3 Å². The van der Waals surface area contributed by atoms with Crippen LogP contribution in [0.1, 0.15) is 13.8 Å². The van der Waals surface area contributed by atoms with Gasteiger partial charge in [-0.1, -0.05) is 18.2 Å². The number of amides is 1. The van der Waals surface area contributed by atoms with E-state index in [2.05, 4.69) is 15.4 Å². The van der Waals surface area contributed by atoms with Crippen LogP contribution in [0.4, 0.5) is 5.69 Å². The van der Waals surface area contributed by atoms with Crippen molar-refractivity contribution < 1.29 is 23.1 Å². The summed E-state index contributed by atoms with van der Waals surface area (Å²) in [4.78, 5) is 11.1. The molecule has 0 aromatic heterocycles. The van der Waals surface area contributed by atoms with Crippen LogP contribution in [0, 0.1) is 0 Å². The summed E-state index contributed by atoms with van der Waals surface area (Å²) in [6.45, 7) is 3.24. The molecule has 28 heavy (non-hydrogen) atoms. The minimum atomic E-state index is -3.75. The quantitative estimate of drug-likeness (QED) is 0.441. The number of carbonyl (C=O) groups excluding carboxylic acids is 1. The zero-order chi connectivity index (χ0) is 20.6. The van der Waals surface area contributed by atoms with E-state index >= 15 is 0 Å². The highest BCUT2D eigenvalue weighted by molar-refractivity contribution is 7.89. The number of carbonyl (C=O) groups is 1. The first-order valence-corrected chi connectivity index (χ1v) is 10.2. The van der Waals surface area contributed by atoms with Crippen LogP contribution in [0.15, 0.2) is 59.5 Å². The molecule has 0 fully saturated rings. The molecular formula is C19H25N3O5S. The van der Waals surface area contributed by atoms with Gasteiger partial charge in [0.15, 0.2) is 0 Å². The Labute approximate surface area is 165 Å². The van der Waals surface area contributed by atoms with E-state index in [1.807, 2.05) is 18.2 Å². The van der Waals surface area contributed by atoms with E-state index in [0.717, 1.165) is 0 Å². The molecule has 0 saturated carbocycles. The van der Waals surface area contributed by atoms with E-state index in [1.54, 1.807) is 19.1 Å². The Kier molecular flexibility index (Phi) is 7.94. The van der Waals surface area contributed by atoms with E-state index in [0.29, 0.717) is 11.4 Å². The Morgan fingerprint density at radius 1 is 1.11 bits per heavy atom. The molecule has 1 amide bonds. The van der Waals surface area contributed by atoms with Crippen molar-refractivity contribution in [2.24, 2.45) is 0 Å². The van der Waals surface area contributed by atoms with Crippen LogP contribution in [0.5, 0.6) is 5.75 Å². The fourth-order valence-electron chi connectivity index (χ4n) is 2.34. The average molecular weight is 407 g/mol. The van der Waals surface area contributed by atoms with Crippen molar-refractivity contribution in [3.8, 4) is 5.75 Å². The standard InChI is InChI=1S/C19H25N3O5S/c1-14(20-12-17(24)13-27-18-6-4-3-5-7-18)22-28(25,26)19-10-8-16(9-11-19)21-15(2)23/h3-11,14,17,20,22,24H,12-13H2,1-2H3,(H,21,23). The highest BCUT2D eigenvalue weighted by atomic mass is 32.2. The SMILES string of the molecule is CC(=O)Nc1ccc(S(=O)(=O)NC(C)NCC(O)COc2ccccc2)cc1. The van der Waals surface area contributed by atoms with E-state index in [4.69, 9.17) is 4.74 Å². The zero-order valence-corrected chi connectivity index (χ0v) is 16.6. The van der Waals surface area contributed by atoms with E-state index in [9.17, 15) is 18.3 Å². The molecule has 0 bridgehead atoms. The summed E-state index contributed by atoms with van der Waals surface area (Å²) in [5.74, 6) is 0.416. The number of para-hydroxylation sites is 1. The van der Waals surface area contributed by atoms with Crippen LogP contribution in [0.2, 0.25) is 0 Å². The van der Waals surface area contributed by atoms with Gasteiger partial charge in [-0.15, -0.1) is 0 Å². The fraction of sp³-hybridized carbons (Fsp3) is 0.316. The second-order valence-electron chi connectivity index (χ2n) is 6.23. The molecule has 2 unspecified atom stereocenters. The lowest BCUT2D eigenvalue weighted by Gasteiger charge is -2.19. The Hall–Kier alpha value is -2.46. The monoisotopic (exact) mass is 407 g/mol. The number of aliphatic hydroxyl groups is 1. The second-order valence-corrected chi connectivity index (χ2v) is 7.95. The molecule has 0 heterocycles. The summed E-state index contributed by atoms with van der Waals surface area (Å²) in [7, 11) is -3.75. The highest BCUT2D eigenvalue weighted by Gasteiger charge is 2.18. The van der Waals surface area contributed by atoms with Crippen molar-refractivity contribution in [2.45, 2.75) is 31.0 Å². The molecule has 2 atom stereocenters. The Morgan fingerprint density at radius 2 is 1.75 bits per heavy atom. The maximum atomic E-state index is 12.4. The number of hydrogen-bond acceptors (Lipinski definition) is 6. The molecule has 0 spiro atoms. The van der Waals surface area contributed by atoms with Crippen molar-refractivity contribution in [2.75, 3.05) is 18.5 Å². The number of benzene rings is 2. The maximum Gasteiger partial charge on any atom is 0.241 e. The number of aliphatic hydroxyl groups excluding tert-OH is 1. The van der Waals surface area contributed by atoms with E-state index in [-0.39, 0.29) is 24.0 Å². The summed E-state index contributed by atoms with van der Waals surface area (Å²) in [5, 5.41) is 15.5. The van der Waals surface area contributed by atoms with Gasteiger partial charge < -0.3 is 15.2 Å². The molecule has 2 aromatic carbocycles. The Bertz CT molecular complexity index is 857. The van der Waals surface area contributed by atoms with Gasteiger partial charge in [-0.3, -0.25) is 10.1 Å². The molecule has 2 aromatic rings. The summed E-state index contributed by atoms with van der Waals surface area (Å²) in [6.07, 6.45) is -1.41. The van der Waals surface area contributed by atoms with Crippen LogP contribution < -0.4 is 20.1 Å². The van der Waals surface area contributed by atoms with Gasteiger partial charge in [0.25, 0.3) is 0 Å². The molecule has 4 N–H and O–H groups in total. The van der Waals surface area contributed by atoms with Crippen LogP contribution in [0.25, 0.3) is 0 Å². The minimum Gasteiger partial charge on any atom is -0.491 e. The lowest BCUT2D eigenvalue weighted by Crippen LogP contribution is -2.46. The first kappa shape index (κ1) is 21.8. The summed E-state index contributed by atoms with van der Waals surface area (Å²) < 4.78 is 32.7. The summed E-state index contributed by atoms with van der Waals surface area (Å²) >= 11 is 0. The van der Waals surface area contributed by atoms with Crippen LogP contribution >= 0.6 is 0 Å². The van der Waals surface area contributed by atoms with Gasteiger partial charge >= 0.3 is 0 Å². The van der Waals surface area contributed by atoms with Crippen molar-refractivity contribution >= 4 is 21.6 Å². The molecule has 8 nitrogen and oxygen atoms in total. The third kappa shape index (κ3) is 7.28. The van der Waals surface area contributed by atoms with Crippen molar-refractivity contribution in [1.29, 1.82) is 0 Å². The van der Waals surface area contributed by atoms with Gasteiger partial charge in [0, 0.05) is 19.2 Å². The largest absolute Gasteiger partial charge is 0.491 e. The van der Waals surface area contributed by atoms with Gasteiger partial charge in [0.05, 0.1) is 11.1 Å². The highest BCUT2D eigenvalue weighted by Crippen LogP contribution is 2.14. The third-order valence-corrected chi connectivity index (χ3v) is 5.22. The summed E-state index contributed by atoms with van der Waals surface area (Å²) in [6, 6.07) is 14.9. The normalized spacial score (nSPS) is 13.5. The molecule has 0 saturated heterocycles. The van der Waals surface area contributed by atoms with Gasteiger partial charge in [-0.25, -0.2) is 8.42 Å². The molecule has 152 valence electrons.